The normalized spacial score (nSPS) is 11.8. The van der Waals surface area contributed by atoms with Crippen molar-refractivity contribution >= 4 is 23.3 Å². The quantitative estimate of drug-likeness (QED) is 0.757. The molecule has 2 amide bonds. The number of carbonyl (C=O) groups is 2. The van der Waals surface area contributed by atoms with Crippen molar-refractivity contribution in [2.24, 2.45) is 0 Å². The number of ether oxygens (including phenoxy) is 1. The molecule has 0 aliphatic rings. The molecule has 0 saturated carbocycles. The van der Waals surface area contributed by atoms with Crippen LogP contribution >= 0.6 is 11.3 Å². The topological polar surface area (TPSA) is 111 Å². The summed E-state index contributed by atoms with van der Waals surface area (Å²) >= 11 is 1.55. The highest BCUT2D eigenvalue weighted by Crippen LogP contribution is 2.18. The molecule has 2 rings (SSSR count). The summed E-state index contributed by atoms with van der Waals surface area (Å²) in [5.74, 6) is -0.547. The number of amides is 2. The van der Waals surface area contributed by atoms with Gasteiger partial charge >= 0.3 is 12.0 Å². The first-order chi connectivity index (χ1) is 11.0. The Balaban J connectivity index is 1.74. The van der Waals surface area contributed by atoms with Crippen LogP contribution in [0.2, 0.25) is 0 Å². The number of aromatic nitrogens is 4. The van der Waals surface area contributed by atoms with Crippen LogP contribution in [0.25, 0.3) is 0 Å². The minimum Gasteiger partial charge on any atom is -0.464 e. The molecule has 0 aliphatic heterocycles. The summed E-state index contributed by atoms with van der Waals surface area (Å²) in [6.45, 7) is 4.58. The maximum Gasteiger partial charge on any atom is 0.360 e. The molecule has 0 saturated heterocycles. The van der Waals surface area contributed by atoms with E-state index in [0.29, 0.717) is 13.1 Å². The Morgan fingerprint density at radius 2 is 2.26 bits per heavy atom. The second-order valence-electron chi connectivity index (χ2n) is 4.79. The van der Waals surface area contributed by atoms with Crippen molar-refractivity contribution in [3.63, 3.8) is 0 Å². The number of methoxy groups -OCH3 is 1. The van der Waals surface area contributed by atoms with Crippen molar-refractivity contribution in [1.82, 2.24) is 30.6 Å². The van der Waals surface area contributed by atoms with E-state index in [4.69, 9.17) is 0 Å². The van der Waals surface area contributed by atoms with Crippen molar-refractivity contribution in [2.75, 3.05) is 13.7 Å². The maximum atomic E-state index is 11.8. The molecule has 0 radical (unpaired) electrons. The minimum absolute atomic E-state index is 0.129. The Morgan fingerprint density at radius 1 is 1.48 bits per heavy atom. The monoisotopic (exact) mass is 338 g/mol. The van der Waals surface area contributed by atoms with Crippen molar-refractivity contribution < 1.29 is 14.3 Å². The van der Waals surface area contributed by atoms with Gasteiger partial charge in [0.2, 0.25) is 0 Å². The van der Waals surface area contributed by atoms with E-state index in [-0.39, 0.29) is 17.8 Å². The molecule has 124 valence electrons. The van der Waals surface area contributed by atoms with E-state index >= 15 is 0 Å². The summed E-state index contributed by atoms with van der Waals surface area (Å²) in [5.41, 5.74) is 0.129. The molecule has 9 nitrogen and oxygen atoms in total. The maximum absolute atomic E-state index is 11.8. The van der Waals surface area contributed by atoms with E-state index in [1.807, 2.05) is 13.8 Å². The van der Waals surface area contributed by atoms with Gasteiger partial charge in [0.05, 0.1) is 25.9 Å². The average Bonchev–Trinajstić information content (AvgIpc) is 3.15. The van der Waals surface area contributed by atoms with E-state index in [1.54, 1.807) is 17.5 Å². The van der Waals surface area contributed by atoms with Crippen LogP contribution in [-0.2, 0) is 11.3 Å². The second kappa shape index (κ2) is 7.68. The fourth-order valence-corrected chi connectivity index (χ4v) is 2.55. The lowest BCUT2D eigenvalue weighted by atomic mass is 10.3. The van der Waals surface area contributed by atoms with Gasteiger partial charge in [0.1, 0.15) is 5.01 Å². The third-order valence-corrected chi connectivity index (χ3v) is 4.01. The zero-order valence-electron chi connectivity index (χ0n) is 13.1. The van der Waals surface area contributed by atoms with Gasteiger partial charge in [-0.05, 0) is 13.8 Å². The van der Waals surface area contributed by atoms with E-state index in [2.05, 4.69) is 30.7 Å². The number of carbonyl (C=O) groups excluding carboxylic acids is 2. The smallest absolute Gasteiger partial charge is 0.360 e. The van der Waals surface area contributed by atoms with Crippen LogP contribution in [0.4, 0.5) is 4.79 Å². The zero-order chi connectivity index (χ0) is 16.8. The largest absolute Gasteiger partial charge is 0.464 e. The number of hydrogen-bond acceptors (Lipinski definition) is 7. The number of nitrogens with zero attached hydrogens (tertiary/aromatic N) is 4. The van der Waals surface area contributed by atoms with Gasteiger partial charge in [-0.15, -0.1) is 16.4 Å². The number of urea groups is 1. The lowest BCUT2D eigenvalue weighted by molar-refractivity contribution is 0.0594. The van der Waals surface area contributed by atoms with Gasteiger partial charge in [-0.1, -0.05) is 5.21 Å². The third kappa shape index (κ3) is 4.74. The number of aryl methyl sites for hydroxylation is 1. The molecule has 23 heavy (non-hydrogen) atoms. The van der Waals surface area contributed by atoms with Crippen molar-refractivity contribution in [2.45, 2.75) is 26.4 Å². The summed E-state index contributed by atoms with van der Waals surface area (Å²) < 4.78 is 6.00. The van der Waals surface area contributed by atoms with E-state index < -0.39 is 5.97 Å². The minimum atomic E-state index is -0.547. The Bertz CT molecular complexity index is 683. The molecule has 0 aromatic carbocycles. The van der Waals surface area contributed by atoms with E-state index in [1.165, 1.54) is 18.0 Å². The van der Waals surface area contributed by atoms with Crippen molar-refractivity contribution in [3.8, 4) is 0 Å². The second-order valence-corrected chi connectivity index (χ2v) is 6.06. The van der Waals surface area contributed by atoms with Crippen LogP contribution in [0.5, 0.6) is 0 Å². The van der Waals surface area contributed by atoms with Crippen molar-refractivity contribution in [1.29, 1.82) is 0 Å². The summed E-state index contributed by atoms with van der Waals surface area (Å²) in [4.78, 5) is 28.4. The molecule has 2 heterocycles. The Labute approximate surface area is 137 Å². The lowest BCUT2D eigenvalue weighted by Crippen LogP contribution is -2.38. The molecule has 10 heteroatoms. The highest BCUT2D eigenvalue weighted by Gasteiger charge is 2.13. The number of hydrogen-bond donors (Lipinski definition) is 2. The Hall–Kier alpha value is -2.49. The molecule has 0 fully saturated rings. The van der Waals surface area contributed by atoms with Gasteiger partial charge < -0.3 is 15.4 Å². The molecule has 0 unspecified atom stereocenters. The molecule has 0 spiro atoms. The number of esters is 1. The first-order valence-corrected chi connectivity index (χ1v) is 7.76. The molecule has 0 bridgehead atoms. The number of nitrogens with one attached hydrogen (secondary N) is 2. The van der Waals surface area contributed by atoms with Gasteiger partial charge in [-0.3, -0.25) is 0 Å². The zero-order valence-corrected chi connectivity index (χ0v) is 13.9. The van der Waals surface area contributed by atoms with Crippen LogP contribution in [0.1, 0.15) is 33.3 Å². The third-order valence-electron chi connectivity index (χ3n) is 2.92. The molecule has 0 aliphatic carbocycles. The standard InChI is InChI=1S/C13H18N6O3S/c1-8-6-15-11(23-8)9(2)16-13(21)14-4-5-19-7-10(17-18-19)12(20)22-3/h6-7,9H,4-5H2,1-3H3,(H2,14,16,21)/t9-/m0/s1. The van der Waals surface area contributed by atoms with Crippen LogP contribution < -0.4 is 10.6 Å². The Kier molecular flexibility index (Phi) is 5.63. The molecular formula is C13H18N6O3S. The molecular weight excluding hydrogens is 320 g/mol. The van der Waals surface area contributed by atoms with Gasteiger partial charge in [-0.25, -0.2) is 19.3 Å². The molecule has 2 N–H and O–H groups in total. The van der Waals surface area contributed by atoms with Gasteiger partial charge in [-0.2, -0.15) is 0 Å². The number of thiazole rings is 1. The van der Waals surface area contributed by atoms with Gasteiger partial charge in [0.25, 0.3) is 0 Å². The predicted molar refractivity (Wildman–Crippen MR) is 83.2 cm³/mol. The van der Waals surface area contributed by atoms with Crippen LogP contribution in [0.3, 0.4) is 0 Å². The van der Waals surface area contributed by atoms with Crippen LogP contribution in [0, 0.1) is 6.92 Å². The van der Waals surface area contributed by atoms with Crippen LogP contribution in [-0.4, -0.2) is 45.6 Å². The summed E-state index contributed by atoms with van der Waals surface area (Å²) in [5, 5.41) is 13.8. The first-order valence-electron chi connectivity index (χ1n) is 6.94. The fourth-order valence-electron chi connectivity index (χ4n) is 1.77. The van der Waals surface area contributed by atoms with Gasteiger partial charge in [0, 0.05) is 17.6 Å². The summed E-state index contributed by atoms with van der Waals surface area (Å²) in [6, 6.07) is -0.454. The summed E-state index contributed by atoms with van der Waals surface area (Å²) in [7, 11) is 1.28. The fraction of sp³-hybridized carbons (Fsp3) is 0.462. The lowest BCUT2D eigenvalue weighted by Gasteiger charge is -2.12. The first kappa shape index (κ1) is 16.9. The number of rotatable bonds is 6. The van der Waals surface area contributed by atoms with Crippen LogP contribution in [0.15, 0.2) is 12.4 Å². The predicted octanol–water partition coefficient (Wildman–Crippen LogP) is 0.890. The molecule has 2 aromatic heterocycles. The highest BCUT2D eigenvalue weighted by molar-refractivity contribution is 7.11. The molecule has 1 atom stereocenters. The molecule has 2 aromatic rings. The highest BCUT2D eigenvalue weighted by atomic mass is 32.1. The van der Waals surface area contributed by atoms with Crippen molar-refractivity contribution in [3.05, 3.63) is 28.0 Å². The SMILES string of the molecule is COC(=O)c1cn(CCNC(=O)N[C@@H](C)c2ncc(C)s2)nn1. The van der Waals surface area contributed by atoms with E-state index in [0.717, 1.165) is 9.88 Å². The average molecular weight is 338 g/mol. The Morgan fingerprint density at radius 3 is 2.91 bits per heavy atom. The summed E-state index contributed by atoms with van der Waals surface area (Å²) in [6.07, 6.45) is 3.24. The van der Waals surface area contributed by atoms with E-state index in [9.17, 15) is 9.59 Å². The van der Waals surface area contributed by atoms with Gasteiger partial charge in [0.15, 0.2) is 5.69 Å².